The van der Waals surface area contributed by atoms with Gasteiger partial charge in [-0.3, -0.25) is 4.57 Å². The van der Waals surface area contributed by atoms with Crippen LogP contribution in [0.1, 0.15) is 35.7 Å². The molecular formula is C19H20N6OS. The number of thiophene rings is 1. The Morgan fingerprint density at radius 2 is 2.07 bits per heavy atom. The van der Waals surface area contributed by atoms with Crippen molar-refractivity contribution in [3.05, 3.63) is 46.6 Å². The molecule has 0 saturated carbocycles. The molecule has 138 valence electrons. The Labute approximate surface area is 160 Å². The monoisotopic (exact) mass is 380 g/mol. The van der Waals surface area contributed by atoms with Gasteiger partial charge in [-0.15, -0.1) is 11.3 Å². The molecule has 0 amide bonds. The number of hydrogen-bond donors (Lipinski definition) is 0. The Bertz CT molecular complexity index is 1160. The average Bonchev–Trinajstić information content (AvgIpc) is 3.32. The van der Waals surface area contributed by atoms with Crippen LogP contribution >= 0.6 is 11.3 Å². The Morgan fingerprint density at radius 1 is 1.22 bits per heavy atom. The fourth-order valence-corrected chi connectivity index (χ4v) is 4.70. The Kier molecular flexibility index (Phi) is 3.50. The summed E-state index contributed by atoms with van der Waals surface area (Å²) in [5, 5.41) is 5.65. The van der Waals surface area contributed by atoms with Crippen molar-refractivity contribution in [2.75, 3.05) is 0 Å². The molecule has 0 bridgehead atoms. The van der Waals surface area contributed by atoms with Crippen molar-refractivity contribution in [3.63, 3.8) is 0 Å². The van der Waals surface area contributed by atoms with Crippen LogP contribution in [0.15, 0.2) is 24.8 Å². The molecule has 1 aliphatic heterocycles. The quantitative estimate of drug-likeness (QED) is 0.532. The van der Waals surface area contributed by atoms with Crippen LogP contribution in [-0.4, -0.2) is 34.9 Å². The summed E-state index contributed by atoms with van der Waals surface area (Å²) in [6.07, 6.45) is 6.30. The van der Waals surface area contributed by atoms with Gasteiger partial charge in [0.1, 0.15) is 11.2 Å². The molecule has 0 aliphatic carbocycles. The summed E-state index contributed by atoms with van der Waals surface area (Å²) in [5.74, 6) is 1.42. The van der Waals surface area contributed by atoms with Gasteiger partial charge < -0.3 is 4.74 Å². The molecule has 4 aromatic heterocycles. The molecule has 0 aromatic carbocycles. The number of hydrogen-bond acceptors (Lipinski definition) is 6. The molecule has 5 heterocycles. The van der Waals surface area contributed by atoms with Crippen molar-refractivity contribution in [3.8, 4) is 11.8 Å². The summed E-state index contributed by atoms with van der Waals surface area (Å²) < 4.78 is 9.77. The summed E-state index contributed by atoms with van der Waals surface area (Å²) >= 11 is 1.68. The minimum Gasteiger partial charge on any atom is -0.370 e. The van der Waals surface area contributed by atoms with Gasteiger partial charge in [-0.25, -0.2) is 9.67 Å². The normalized spacial score (nSPS) is 16.0. The number of aromatic nitrogens is 6. The molecule has 0 atom stereocenters. The maximum Gasteiger partial charge on any atom is 0.254 e. The summed E-state index contributed by atoms with van der Waals surface area (Å²) in [6.45, 7) is 8.85. The lowest BCUT2D eigenvalue weighted by Crippen LogP contribution is -2.31. The largest absolute Gasteiger partial charge is 0.370 e. The molecule has 0 spiro atoms. The lowest BCUT2D eigenvalue weighted by molar-refractivity contribution is -0.0379. The minimum absolute atomic E-state index is 0.193. The van der Waals surface area contributed by atoms with Gasteiger partial charge in [-0.2, -0.15) is 15.1 Å². The third kappa shape index (κ3) is 2.67. The predicted octanol–water partition coefficient (Wildman–Crippen LogP) is 3.53. The highest BCUT2D eigenvalue weighted by Gasteiger charge is 2.31. The first kappa shape index (κ1) is 16.6. The van der Waals surface area contributed by atoms with Gasteiger partial charge in [-0.1, -0.05) is 0 Å². The van der Waals surface area contributed by atoms with Crippen LogP contribution in [0, 0.1) is 13.8 Å². The fourth-order valence-electron chi connectivity index (χ4n) is 3.61. The lowest BCUT2D eigenvalue weighted by Gasteiger charge is -2.30. The lowest BCUT2D eigenvalue weighted by atomic mass is 9.94. The van der Waals surface area contributed by atoms with E-state index in [4.69, 9.17) is 14.7 Å². The highest BCUT2D eigenvalue weighted by Crippen LogP contribution is 2.40. The van der Waals surface area contributed by atoms with Gasteiger partial charge in [0.05, 0.1) is 23.3 Å². The molecule has 0 radical (unpaired) electrons. The van der Waals surface area contributed by atoms with Crippen molar-refractivity contribution in [1.29, 1.82) is 0 Å². The molecule has 7 nitrogen and oxygen atoms in total. The highest BCUT2D eigenvalue weighted by molar-refractivity contribution is 7.18. The number of fused-ring (bicyclic) bond motifs is 3. The van der Waals surface area contributed by atoms with Gasteiger partial charge in [0.2, 0.25) is 0 Å². The van der Waals surface area contributed by atoms with Gasteiger partial charge in [-0.05, 0) is 39.3 Å². The van der Waals surface area contributed by atoms with Crippen molar-refractivity contribution in [2.45, 2.75) is 46.3 Å². The minimum atomic E-state index is -0.193. The third-order valence-electron chi connectivity index (χ3n) is 4.85. The van der Waals surface area contributed by atoms with Crippen LogP contribution in [0.5, 0.6) is 0 Å². The van der Waals surface area contributed by atoms with E-state index in [0.29, 0.717) is 12.6 Å². The molecular weight excluding hydrogens is 360 g/mol. The Balaban J connectivity index is 1.81. The number of ether oxygens (including phenoxy) is 1. The zero-order chi connectivity index (χ0) is 18.8. The zero-order valence-corrected chi connectivity index (χ0v) is 16.5. The Morgan fingerprint density at radius 3 is 2.78 bits per heavy atom. The number of nitrogens with zero attached hydrogens (tertiary/aromatic N) is 6. The van der Waals surface area contributed by atoms with Gasteiger partial charge in [0, 0.05) is 29.4 Å². The highest BCUT2D eigenvalue weighted by atomic mass is 32.1. The van der Waals surface area contributed by atoms with E-state index in [9.17, 15) is 0 Å². The second-order valence-electron chi connectivity index (χ2n) is 7.57. The van der Waals surface area contributed by atoms with Crippen LogP contribution in [-0.2, 0) is 17.8 Å². The van der Waals surface area contributed by atoms with E-state index in [-0.39, 0.29) is 5.60 Å². The molecule has 5 rings (SSSR count). The first-order valence-corrected chi connectivity index (χ1v) is 9.71. The smallest absolute Gasteiger partial charge is 0.254 e. The molecule has 0 unspecified atom stereocenters. The second-order valence-corrected chi connectivity index (χ2v) is 8.65. The van der Waals surface area contributed by atoms with E-state index < -0.39 is 0 Å². The molecule has 1 aliphatic rings. The molecule has 0 saturated heterocycles. The summed E-state index contributed by atoms with van der Waals surface area (Å²) in [5.41, 5.74) is 3.05. The third-order valence-corrected chi connectivity index (χ3v) is 5.95. The molecule has 0 fully saturated rings. The zero-order valence-electron chi connectivity index (χ0n) is 15.7. The van der Waals surface area contributed by atoms with Crippen LogP contribution in [0.25, 0.3) is 22.0 Å². The number of imidazole rings is 1. The second kappa shape index (κ2) is 5.71. The summed E-state index contributed by atoms with van der Waals surface area (Å²) in [7, 11) is 0. The maximum atomic E-state index is 6.01. The average molecular weight is 380 g/mol. The molecule has 4 aromatic rings. The predicted molar refractivity (Wildman–Crippen MR) is 104 cm³/mol. The van der Waals surface area contributed by atoms with Crippen LogP contribution < -0.4 is 0 Å². The first-order chi connectivity index (χ1) is 12.9. The molecule has 0 N–H and O–H groups in total. The molecule has 8 heteroatoms. The van der Waals surface area contributed by atoms with Crippen molar-refractivity contribution < 1.29 is 4.74 Å². The SMILES string of the molecule is Cc1cc(C)n(-c2nc(-n3ccnc3)c3c4c(sc3n2)COC(C)(C)C4)n1. The molecule has 27 heavy (non-hydrogen) atoms. The van der Waals surface area contributed by atoms with Crippen molar-refractivity contribution >= 4 is 21.6 Å². The van der Waals surface area contributed by atoms with E-state index in [0.717, 1.165) is 33.8 Å². The van der Waals surface area contributed by atoms with E-state index in [1.807, 2.05) is 30.7 Å². The van der Waals surface area contributed by atoms with Crippen LogP contribution in [0.2, 0.25) is 0 Å². The summed E-state index contributed by atoms with van der Waals surface area (Å²) in [6, 6.07) is 2.03. The van der Waals surface area contributed by atoms with Crippen LogP contribution in [0.4, 0.5) is 0 Å². The van der Waals surface area contributed by atoms with E-state index in [1.165, 1.54) is 10.4 Å². The van der Waals surface area contributed by atoms with Gasteiger partial charge in [0.15, 0.2) is 5.82 Å². The van der Waals surface area contributed by atoms with Crippen molar-refractivity contribution in [2.24, 2.45) is 0 Å². The fraction of sp³-hybridized carbons (Fsp3) is 0.368. The van der Waals surface area contributed by atoms with E-state index in [2.05, 4.69) is 23.9 Å². The topological polar surface area (TPSA) is 70.7 Å². The number of aryl methyl sites for hydroxylation is 2. The first-order valence-electron chi connectivity index (χ1n) is 8.89. The number of rotatable bonds is 2. The van der Waals surface area contributed by atoms with Crippen molar-refractivity contribution in [1.82, 2.24) is 29.3 Å². The summed E-state index contributed by atoms with van der Waals surface area (Å²) in [4.78, 5) is 16.2. The maximum absolute atomic E-state index is 6.01. The Hall–Kier alpha value is -2.58. The standard InChI is InChI=1S/C19H20N6OS/c1-11-7-12(2)25(23-11)18-21-16(24-6-5-20-10-24)15-13-8-19(3,4)26-9-14(13)27-17(15)22-18/h5-7,10H,8-9H2,1-4H3. The van der Waals surface area contributed by atoms with E-state index in [1.54, 1.807) is 28.5 Å². The van der Waals surface area contributed by atoms with Gasteiger partial charge >= 0.3 is 0 Å². The van der Waals surface area contributed by atoms with E-state index >= 15 is 0 Å². The van der Waals surface area contributed by atoms with Gasteiger partial charge in [0.25, 0.3) is 5.95 Å². The van der Waals surface area contributed by atoms with Crippen LogP contribution in [0.3, 0.4) is 0 Å².